The van der Waals surface area contributed by atoms with Gasteiger partial charge in [-0.25, -0.2) is 4.79 Å². The van der Waals surface area contributed by atoms with Gasteiger partial charge in [0.15, 0.2) is 0 Å². The molecule has 0 spiro atoms. The number of carbonyl (C=O) groups is 1. The zero-order valence-electron chi connectivity index (χ0n) is 10.4. The third-order valence-electron chi connectivity index (χ3n) is 2.85. The summed E-state index contributed by atoms with van der Waals surface area (Å²) in [6.07, 6.45) is -3.78. The number of halogens is 3. The molecule has 9 heteroatoms. The van der Waals surface area contributed by atoms with E-state index in [0.29, 0.717) is 13.1 Å². The Labute approximate surface area is 107 Å². The fraction of sp³-hybridized carbons (Fsp3) is 0.700. The number of carbonyl (C=O) groups excluding carboxylic acids is 1. The Morgan fingerprint density at radius 2 is 2.26 bits per heavy atom. The van der Waals surface area contributed by atoms with Crippen LogP contribution in [0.4, 0.5) is 13.2 Å². The van der Waals surface area contributed by atoms with E-state index in [9.17, 15) is 18.0 Å². The van der Waals surface area contributed by atoms with E-state index in [4.69, 9.17) is 0 Å². The van der Waals surface area contributed by atoms with E-state index in [1.807, 2.05) is 11.9 Å². The van der Waals surface area contributed by atoms with Crippen LogP contribution in [0.15, 0.2) is 10.1 Å². The summed E-state index contributed by atoms with van der Waals surface area (Å²) in [6, 6.07) is -0.0183. The first kappa shape index (κ1) is 13.8. The predicted molar refractivity (Wildman–Crippen MR) is 60.9 cm³/mol. The van der Waals surface area contributed by atoms with Crippen molar-refractivity contribution in [1.29, 1.82) is 0 Å². The van der Waals surface area contributed by atoms with Gasteiger partial charge in [0.1, 0.15) is 5.71 Å². The molecule has 0 aliphatic carbocycles. The van der Waals surface area contributed by atoms with E-state index in [1.165, 1.54) is 13.1 Å². The van der Waals surface area contributed by atoms with Crippen molar-refractivity contribution in [2.75, 3.05) is 20.1 Å². The second-order valence-corrected chi connectivity index (χ2v) is 4.68. The molecule has 2 heterocycles. The van der Waals surface area contributed by atoms with E-state index in [0.717, 1.165) is 0 Å². The molecular weight excluding hydrogens is 265 g/mol. The van der Waals surface area contributed by atoms with Crippen LogP contribution in [-0.4, -0.2) is 60.9 Å². The van der Waals surface area contributed by atoms with Crippen LogP contribution in [0.5, 0.6) is 0 Å². The molecule has 19 heavy (non-hydrogen) atoms. The zero-order chi connectivity index (χ0) is 14.3. The molecule has 6 nitrogen and oxygen atoms in total. The van der Waals surface area contributed by atoms with Crippen LogP contribution in [0, 0.1) is 0 Å². The van der Waals surface area contributed by atoms with Crippen molar-refractivity contribution in [3.05, 3.63) is 0 Å². The number of alkyl halides is 3. The predicted octanol–water partition coefficient (Wildman–Crippen LogP) is 0.152. The molecule has 0 aromatic heterocycles. The summed E-state index contributed by atoms with van der Waals surface area (Å²) in [7, 11) is 1.90. The number of hydrazone groups is 1. The second-order valence-electron chi connectivity index (χ2n) is 4.68. The van der Waals surface area contributed by atoms with Gasteiger partial charge >= 0.3 is 12.1 Å². The van der Waals surface area contributed by atoms with Crippen LogP contribution in [0.2, 0.25) is 0 Å². The molecule has 0 bridgehead atoms. The number of rotatable bonds is 2. The van der Waals surface area contributed by atoms with Gasteiger partial charge in [0.2, 0.25) is 5.72 Å². The Hall–Kier alpha value is -1.64. The maximum atomic E-state index is 12.2. The Morgan fingerprint density at radius 1 is 1.63 bits per heavy atom. The monoisotopic (exact) mass is 278 g/mol. The van der Waals surface area contributed by atoms with E-state index >= 15 is 0 Å². The number of nitrogens with one attached hydrogen (secondary N) is 1. The van der Waals surface area contributed by atoms with Crippen molar-refractivity contribution in [1.82, 2.24) is 10.3 Å². The maximum Gasteiger partial charge on any atom is 0.491 e. The lowest BCUT2D eigenvalue weighted by atomic mass is 10.1. The smallest absolute Gasteiger partial charge is 0.425 e. The molecule has 2 aliphatic rings. The van der Waals surface area contributed by atoms with Gasteiger partial charge in [0.05, 0.1) is 12.3 Å². The largest absolute Gasteiger partial charge is 0.491 e. The van der Waals surface area contributed by atoms with E-state index in [1.54, 1.807) is 0 Å². The number of ether oxygens (including phenoxy) is 1. The summed E-state index contributed by atoms with van der Waals surface area (Å²) < 4.78 is 41.0. The molecule has 106 valence electrons. The highest BCUT2D eigenvalue weighted by Crippen LogP contribution is 2.23. The topological polar surface area (TPSA) is 66.3 Å². The molecule has 0 saturated carbocycles. The highest BCUT2D eigenvalue weighted by Gasteiger charge is 2.48. The first-order chi connectivity index (χ1) is 8.71. The molecule has 0 amide bonds. The quantitative estimate of drug-likeness (QED) is 0.730. The summed E-state index contributed by atoms with van der Waals surface area (Å²) in [5.74, 6) is -2.27. The van der Waals surface area contributed by atoms with E-state index < -0.39 is 17.9 Å². The van der Waals surface area contributed by atoms with Crippen molar-refractivity contribution in [3.8, 4) is 0 Å². The number of hydrogen-bond acceptors (Lipinski definition) is 6. The Kier molecular flexibility index (Phi) is 3.25. The summed E-state index contributed by atoms with van der Waals surface area (Å²) in [4.78, 5) is 17.1. The van der Waals surface area contributed by atoms with Gasteiger partial charge < -0.3 is 9.64 Å². The summed E-state index contributed by atoms with van der Waals surface area (Å²) in [5, 5.41) is 3.62. The van der Waals surface area contributed by atoms with Crippen molar-refractivity contribution < 1.29 is 22.7 Å². The second kappa shape index (κ2) is 4.48. The minimum absolute atomic E-state index is 0.0183. The Balaban J connectivity index is 2.07. The molecule has 2 rings (SSSR count). The van der Waals surface area contributed by atoms with Gasteiger partial charge in [0.25, 0.3) is 0 Å². The number of esters is 1. The number of likely N-dealkylation sites (N-methyl/N-ethyl adjacent to an activating group) is 1. The molecule has 1 fully saturated rings. The van der Waals surface area contributed by atoms with Gasteiger partial charge in [-0.2, -0.15) is 18.3 Å². The fourth-order valence-corrected chi connectivity index (χ4v) is 1.82. The fourth-order valence-electron chi connectivity index (χ4n) is 1.82. The first-order valence-electron chi connectivity index (χ1n) is 5.58. The van der Waals surface area contributed by atoms with Crippen molar-refractivity contribution in [3.63, 3.8) is 0 Å². The molecule has 2 aliphatic heterocycles. The van der Waals surface area contributed by atoms with Gasteiger partial charge in [-0.15, -0.1) is 0 Å². The summed E-state index contributed by atoms with van der Waals surface area (Å²) >= 11 is 0. The van der Waals surface area contributed by atoms with Crippen LogP contribution in [-0.2, 0) is 9.53 Å². The Bertz CT molecular complexity index is 443. The Morgan fingerprint density at radius 3 is 2.79 bits per heavy atom. The van der Waals surface area contributed by atoms with Crippen LogP contribution in [0.25, 0.3) is 0 Å². The lowest BCUT2D eigenvalue weighted by Gasteiger charge is -2.34. The molecule has 1 unspecified atom stereocenters. The molecule has 0 aromatic carbocycles. The summed E-state index contributed by atoms with van der Waals surface area (Å²) in [5.41, 5.74) is 0.850. The van der Waals surface area contributed by atoms with Gasteiger partial charge in [-0.3, -0.25) is 10.4 Å². The molecule has 0 radical (unpaired) electrons. The lowest BCUT2D eigenvalue weighted by molar-refractivity contribution is -0.209. The van der Waals surface area contributed by atoms with Crippen LogP contribution in [0.1, 0.15) is 6.92 Å². The first-order valence-corrected chi connectivity index (χ1v) is 5.58. The maximum absolute atomic E-state index is 12.2. The highest BCUT2D eigenvalue weighted by atomic mass is 19.4. The van der Waals surface area contributed by atoms with E-state index in [-0.39, 0.29) is 11.8 Å². The number of aliphatic imine (C=N–C) groups is 1. The van der Waals surface area contributed by atoms with Crippen LogP contribution in [0.3, 0.4) is 0 Å². The van der Waals surface area contributed by atoms with E-state index in [2.05, 4.69) is 20.3 Å². The third-order valence-corrected chi connectivity index (χ3v) is 2.85. The van der Waals surface area contributed by atoms with Crippen molar-refractivity contribution in [2.24, 2.45) is 10.1 Å². The molecule has 1 N–H and O–H groups in total. The summed E-state index contributed by atoms with van der Waals surface area (Å²) in [6.45, 7) is 2.70. The van der Waals surface area contributed by atoms with Gasteiger partial charge in [-0.05, 0) is 7.05 Å². The highest BCUT2D eigenvalue weighted by molar-refractivity contribution is 6.35. The SMILES string of the molecule is CN1CC(N=C2C=NNC2(C)OC(=O)C(F)(F)F)C1. The number of nitrogens with zero attached hydrogens (tertiary/aromatic N) is 3. The van der Waals surface area contributed by atoms with Gasteiger partial charge in [-0.1, -0.05) is 0 Å². The molecular formula is C10H13F3N4O2. The minimum atomic E-state index is -5.05. The third kappa shape index (κ3) is 2.86. The number of hydrogen-bond donors (Lipinski definition) is 1. The average molecular weight is 278 g/mol. The van der Waals surface area contributed by atoms with Gasteiger partial charge in [0, 0.05) is 20.0 Å². The van der Waals surface area contributed by atoms with Crippen LogP contribution < -0.4 is 5.43 Å². The average Bonchev–Trinajstić information content (AvgIpc) is 2.56. The number of likely N-dealkylation sites (tertiary alicyclic amines) is 1. The zero-order valence-corrected chi connectivity index (χ0v) is 10.4. The molecule has 1 atom stereocenters. The van der Waals surface area contributed by atoms with Crippen molar-refractivity contribution in [2.45, 2.75) is 24.9 Å². The molecule has 0 aromatic rings. The minimum Gasteiger partial charge on any atom is -0.425 e. The standard InChI is InChI=1S/C10H13F3N4O2/c1-9(19-8(18)10(11,12)13)7(3-14-16-9)15-6-4-17(2)5-6/h3,6,16H,4-5H2,1-2H3. The normalized spacial score (nSPS) is 30.3. The lowest BCUT2D eigenvalue weighted by Crippen LogP contribution is -2.52. The van der Waals surface area contributed by atoms with Crippen molar-refractivity contribution >= 4 is 17.9 Å². The van der Waals surface area contributed by atoms with Crippen LogP contribution >= 0.6 is 0 Å². The molecule has 1 saturated heterocycles.